The Labute approximate surface area is 57.9 Å². The Hall–Kier alpha value is 0.360. The van der Waals surface area contributed by atoms with Gasteiger partial charge in [-0.15, -0.1) is 0 Å². The lowest BCUT2D eigenvalue weighted by Gasteiger charge is -1.96. The minimum atomic E-state index is 0.394. The molecule has 1 atom stereocenters. The third kappa shape index (κ3) is 4.21. The highest BCUT2D eigenvalue weighted by Gasteiger charge is 1.86. The molecule has 0 radical (unpaired) electrons. The fourth-order valence-electron chi connectivity index (χ4n) is 0.252. The second-order valence-corrected chi connectivity index (χ2v) is 1.93. The molecule has 0 aliphatic carbocycles. The van der Waals surface area contributed by atoms with Crippen molar-refractivity contribution in [2.75, 3.05) is 7.05 Å². The molecule has 0 bridgehead atoms. The lowest BCUT2D eigenvalue weighted by atomic mass is 10.4. The highest BCUT2D eigenvalue weighted by Crippen LogP contribution is 1.78. The van der Waals surface area contributed by atoms with Crippen LogP contribution in [-0.4, -0.2) is 19.3 Å². The number of rotatable bonds is 2. The molecule has 1 N–H and O–H groups in total. The van der Waals surface area contributed by atoms with Crippen LogP contribution in [0, 0.1) is 0 Å². The largest absolute Gasteiger partial charge is 0.299 e. The maximum atomic E-state index is 3.81. The normalized spacial score (nSPS) is 15.3. The molecule has 0 aromatic rings. The number of nitrogens with zero attached hydrogens (tertiary/aromatic N) is 1. The van der Waals surface area contributed by atoms with E-state index in [1.54, 1.807) is 7.05 Å². The second kappa shape index (κ2) is 4.52. The van der Waals surface area contributed by atoms with Crippen LogP contribution in [0.1, 0.15) is 6.92 Å². The molecule has 0 heterocycles. The lowest BCUT2D eigenvalue weighted by Crippen LogP contribution is -2.16. The predicted molar refractivity (Wildman–Crippen MR) is 41.0 cm³/mol. The van der Waals surface area contributed by atoms with Gasteiger partial charge in [-0.1, -0.05) is 0 Å². The topological polar surface area (TPSA) is 24.4 Å². The van der Waals surface area contributed by atoms with Gasteiger partial charge in [0.1, 0.15) is 0 Å². The highest BCUT2D eigenvalue weighted by atomic mass is 127. The zero-order valence-electron chi connectivity index (χ0n) is 4.48. The van der Waals surface area contributed by atoms with E-state index in [1.165, 1.54) is 0 Å². The van der Waals surface area contributed by atoms with Crippen molar-refractivity contribution in [3.05, 3.63) is 0 Å². The van der Waals surface area contributed by atoms with E-state index >= 15 is 0 Å². The third-order valence-corrected chi connectivity index (χ3v) is 1.53. The molecular formula is C4H9IN2. The summed E-state index contributed by atoms with van der Waals surface area (Å²) in [4.78, 5) is 3.81. The van der Waals surface area contributed by atoms with Crippen LogP contribution in [0.2, 0.25) is 0 Å². The molecule has 0 aromatic heterocycles. The number of nitrogens with one attached hydrogen (secondary N) is 1. The van der Waals surface area contributed by atoms with Gasteiger partial charge in [-0.05, 0) is 6.92 Å². The average Bonchev–Trinajstić information content (AvgIpc) is 1.68. The van der Waals surface area contributed by atoms with Crippen molar-refractivity contribution in [3.63, 3.8) is 0 Å². The summed E-state index contributed by atoms with van der Waals surface area (Å²) in [6.45, 7) is 2.04. The molecule has 42 valence electrons. The van der Waals surface area contributed by atoms with Crippen LogP contribution in [-0.2, 0) is 0 Å². The minimum absolute atomic E-state index is 0.394. The first kappa shape index (κ1) is 7.36. The molecule has 7 heavy (non-hydrogen) atoms. The lowest BCUT2D eigenvalue weighted by molar-refractivity contribution is 0.942. The van der Waals surface area contributed by atoms with Crippen molar-refractivity contribution in [1.29, 1.82) is 0 Å². The van der Waals surface area contributed by atoms with Gasteiger partial charge < -0.3 is 0 Å². The zero-order chi connectivity index (χ0) is 5.70. The monoisotopic (exact) mass is 212 g/mol. The Bertz CT molecular complexity index is 62.7. The van der Waals surface area contributed by atoms with Crippen molar-refractivity contribution in [1.82, 2.24) is 3.53 Å². The van der Waals surface area contributed by atoms with Crippen molar-refractivity contribution < 1.29 is 0 Å². The van der Waals surface area contributed by atoms with Crippen LogP contribution in [0.4, 0.5) is 0 Å². The molecule has 0 aromatic carbocycles. The number of hydrogen-bond acceptors (Lipinski definition) is 2. The van der Waals surface area contributed by atoms with Gasteiger partial charge in [0.25, 0.3) is 0 Å². The first-order valence-corrected chi connectivity index (χ1v) is 3.17. The zero-order valence-corrected chi connectivity index (χ0v) is 6.64. The van der Waals surface area contributed by atoms with Crippen LogP contribution < -0.4 is 3.53 Å². The van der Waals surface area contributed by atoms with E-state index in [1.807, 2.05) is 13.1 Å². The molecule has 0 unspecified atom stereocenters. The molecule has 0 saturated heterocycles. The summed E-state index contributed by atoms with van der Waals surface area (Å²) in [7, 11) is 1.77. The fraction of sp³-hybridized carbons (Fsp3) is 0.750. The summed E-state index contributed by atoms with van der Waals surface area (Å²) in [5, 5.41) is 0. The molecule has 2 nitrogen and oxygen atoms in total. The van der Waals surface area contributed by atoms with Gasteiger partial charge in [-0.25, -0.2) is 0 Å². The molecule has 0 amide bonds. The van der Waals surface area contributed by atoms with Crippen molar-refractivity contribution >= 4 is 29.1 Å². The molecule has 0 aliphatic heterocycles. The van der Waals surface area contributed by atoms with E-state index in [0.717, 1.165) is 0 Å². The van der Waals surface area contributed by atoms with Gasteiger partial charge in [0, 0.05) is 42.2 Å². The van der Waals surface area contributed by atoms with Crippen LogP contribution in [0.3, 0.4) is 0 Å². The summed E-state index contributed by atoms with van der Waals surface area (Å²) < 4.78 is 2.99. The van der Waals surface area contributed by atoms with Crippen LogP contribution in [0.5, 0.6) is 0 Å². The molecular weight excluding hydrogens is 203 g/mol. The van der Waals surface area contributed by atoms with Crippen LogP contribution in [0.25, 0.3) is 0 Å². The molecule has 0 fully saturated rings. The maximum absolute atomic E-state index is 3.81. The van der Waals surface area contributed by atoms with E-state index in [0.29, 0.717) is 6.04 Å². The first-order chi connectivity index (χ1) is 3.31. The van der Waals surface area contributed by atoms with Crippen molar-refractivity contribution in [2.45, 2.75) is 13.0 Å². The van der Waals surface area contributed by atoms with E-state index in [-0.39, 0.29) is 0 Å². The highest BCUT2D eigenvalue weighted by molar-refractivity contribution is 14.1. The Balaban J connectivity index is 3.16. The Kier molecular flexibility index (Phi) is 4.75. The summed E-state index contributed by atoms with van der Waals surface area (Å²) in [5.74, 6) is 0. The number of aliphatic imine (C=N–C) groups is 1. The Morgan fingerprint density at radius 1 is 1.86 bits per heavy atom. The van der Waals surface area contributed by atoms with Gasteiger partial charge >= 0.3 is 0 Å². The Morgan fingerprint density at radius 3 is 2.57 bits per heavy atom. The standard InChI is InChI=1S/C4H9IN2/c1-4(7-5)3-6-2/h3-4,7H,1-2H3/t4-/m1/s1. The van der Waals surface area contributed by atoms with Crippen LogP contribution >= 0.6 is 22.9 Å². The number of halogens is 1. The Morgan fingerprint density at radius 2 is 2.43 bits per heavy atom. The third-order valence-electron chi connectivity index (χ3n) is 0.545. The summed E-state index contributed by atoms with van der Waals surface area (Å²) in [6, 6.07) is 0.394. The van der Waals surface area contributed by atoms with Crippen molar-refractivity contribution in [3.8, 4) is 0 Å². The summed E-state index contributed by atoms with van der Waals surface area (Å²) in [5.41, 5.74) is 0. The van der Waals surface area contributed by atoms with E-state index < -0.39 is 0 Å². The fourth-order valence-corrected chi connectivity index (χ4v) is 0.413. The smallest absolute Gasteiger partial charge is 0.0483 e. The van der Waals surface area contributed by atoms with E-state index in [2.05, 4.69) is 31.4 Å². The molecule has 3 heteroatoms. The van der Waals surface area contributed by atoms with Gasteiger partial charge in [0.2, 0.25) is 0 Å². The molecule has 0 saturated carbocycles. The van der Waals surface area contributed by atoms with Crippen LogP contribution in [0.15, 0.2) is 4.99 Å². The summed E-state index contributed by atoms with van der Waals surface area (Å²) >= 11 is 2.10. The second-order valence-electron chi connectivity index (χ2n) is 1.31. The van der Waals surface area contributed by atoms with Gasteiger partial charge in [0.05, 0.1) is 0 Å². The minimum Gasteiger partial charge on any atom is -0.299 e. The van der Waals surface area contributed by atoms with Gasteiger partial charge in [-0.3, -0.25) is 8.52 Å². The quantitative estimate of drug-likeness (QED) is 0.412. The number of hydrogen-bond donors (Lipinski definition) is 1. The maximum Gasteiger partial charge on any atom is 0.0483 e. The molecule has 0 rings (SSSR count). The van der Waals surface area contributed by atoms with E-state index in [4.69, 9.17) is 0 Å². The van der Waals surface area contributed by atoms with Gasteiger partial charge in [0.15, 0.2) is 0 Å². The van der Waals surface area contributed by atoms with E-state index in [9.17, 15) is 0 Å². The van der Waals surface area contributed by atoms with Crippen molar-refractivity contribution in [2.24, 2.45) is 4.99 Å². The first-order valence-electron chi connectivity index (χ1n) is 2.09. The summed E-state index contributed by atoms with van der Waals surface area (Å²) in [6.07, 6.45) is 1.85. The molecule has 0 aliphatic rings. The predicted octanol–water partition coefficient (Wildman–Crippen LogP) is 1.02. The van der Waals surface area contributed by atoms with Gasteiger partial charge in [-0.2, -0.15) is 0 Å². The average molecular weight is 212 g/mol. The SMILES string of the molecule is CN=C[C@@H](C)NI. The molecule has 0 spiro atoms.